The Morgan fingerprint density at radius 1 is 1.06 bits per heavy atom. The Morgan fingerprint density at radius 2 is 1.77 bits per heavy atom. The highest BCUT2D eigenvalue weighted by Crippen LogP contribution is 2.34. The molecule has 3 aromatic carbocycles. The summed E-state index contributed by atoms with van der Waals surface area (Å²) in [5.74, 6) is 0.757. The third-order valence-electron chi connectivity index (χ3n) is 4.95. The van der Waals surface area contributed by atoms with Gasteiger partial charge in [-0.1, -0.05) is 41.4 Å². The normalized spacial score (nSPS) is 11.3. The molecule has 11 heteroatoms. The second-order valence-electron chi connectivity index (χ2n) is 7.35. The zero-order chi connectivity index (χ0) is 25.6. The van der Waals surface area contributed by atoms with Gasteiger partial charge in [0.05, 0.1) is 49.0 Å². The highest BCUT2D eigenvalue weighted by atomic mass is 35.5. The lowest BCUT2D eigenvalue weighted by atomic mass is 10.1. The van der Waals surface area contributed by atoms with E-state index in [0.717, 1.165) is 10.6 Å². The minimum Gasteiger partial charge on any atom is -0.497 e. The molecule has 0 radical (unpaired) electrons. The van der Waals surface area contributed by atoms with E-state index in [9.17, 15) is 13.2 Å². The van der Waals surface area contributed by atoms with E-state index in [0.29, 0.717) is 28.2 Å². The molecule has 35 heavy (non-hydrogen) atoms. The first-order valence-electron chi connectivity index (χ1n) is 10.2. The highest BCUT2D eigenvalue weighted by molar-refractivity contribution is 7.92. The Morgan fingerprint density at radius 3 is 2.40 bits per heavy atom. The number of carbonyl (C=O) groups excluding carboxylic acids is 1. The Labute approximate surface area is 214 Å². The van der Waals surface area contributed by atoms with Crippen molar-refractivity contribution in [1.82, 2.24) is 5.43 Å². The first kappa shape index (κ1) is 26.3. The van der Waals surface area contributed by atoms with Crippen LogP contribution in [0.15, 0.2) is 65.8 Å². The fourth-order valence-corrected chi connectivity index (χ4v) is 4.50. The third kappa shape index (κ3) is 6.66. The molecule has 0 aliphatic carbocycles. The van der Waals surface area contributed by atoms with Crippen LogP contribution in [-0.4, -0.2) is 41.0 Å². The molecule has 1 amide bonds. The largest absolute Gasteiger partial charge is 0.497 e. The Bertz CT molecular complexity index is 1350. The lowest BCUT2D eigenvalue weighted by Crippen LogP contribution is -2.29. The predicted molar refractivity (Wildman–Crippen MR) is 139 cm³/mol. The number of benzene rings is 3. The number of methoxy groups -OCH3 is 2. The van der Waals surface area contributed by atoms with Gasteiger partial charge in [0, 0.05) is 11.1 Å². The Balaban J connectivity index is 1.73. The van der Waals surface area contributed by atoms with E-state index in [1.807, 2.05) is 0 Å². The van der Waals surface area contributed by atoms with Crippen molar-refractivity contribution in [3.63, 3.8) is 0 Å². The second-order valence-corrected chi connectivity index (χ2v) is 10.0. The third-order valence-corrected chi connectivity index (χ3v) is 6.88. The minimum atomic E-state index is -3.66. The van der Waals surface area contributed by atoms with Crippen molar-refractivity contribution in [1.29, 1.82) is 0 Å². The van der Waals surface area contributed by atoms with Crippen molar-refractivity contribution in [2.45, 2.75) is 6.54 Å². The number of amides is 1. The quantitative estimate of drug-likeness (QED) is 0.315. The number of ether oxygens (including phenoxy) is 2. The number of halogens is 2. The van der Waals surface area contributed by atoms with Crippen LogP contribution in [0, 0.1) is 0 Å². The van der Waals surface area contributed by atoms with Gasteiger partial charge in [-0.3, -0.25) is 9.10 Å². The molecule has 0 bridgehead atoms. The summed E-state index contributed by atoms with van der Waals surface area (Å²) in [4.78, 5) is 12.5. The van der Waals surface area contributed by atoms with Crippen molar-refractivity contribution >= 4 is 51.0 Å². The van der Waals surface area contributed by atoms with E-state index >= 15 is 0 Å². The molecule has 8 nitrogen and oxygen atoms in total. The summed E-state index contributed by atoms with van der Waals surface area (Å²) in [6.45, 7) is 0.00851. The summed E-state index contributed by atoms with van der Waals surface area (Å²) in [6.07, 6.45) is 2.54. The zero-order valence-corrected chi connectivity index (χ0v) is 21.5. The van der Waals surface area contributed by atoms with Crippen LogP contribution in [-0.2, 0) is 16.6 Å². The Hall–Kier alpha value is -3.27. The summed E-state index contributed by atoms with van der Waals surface area (Å²) in [6, 6.07) is 16.4. The number of hydrogen-bond acceptors (Lipinski definition) is 6. The smallest absolute Gasteiger partial charge is 0.271 e. The van der Waals surface area contributed by atoms with Crippen LogP contribution in [0.5, 0.6) is 11.5 Å². The summed E-state index contributed by atoms with van der Waals surface area (Å²) >= 11 is 12.3. The van der Waals surface area contributed by atoms with E-state index < -0.39 is 15.9 Å². The maximum atomic E-state index is 12.5. The van der Waals surface area contributed by atoms with E-state index in [4.69, 9.17) is 32.7 Å². The van der Waals surface area contributed by atoms with E-state index in [1.54, 1.807) is 67.8 Å². The number of rotatable bonds is 9. The molecule has 1 N–H and O–H groups in total. The summed E-state index contributed by atoms with van der Waals surface area (Å²) in [7, 11) is -0.578. The molecule has 0 aromatic heterocycles. The molecule has 0 aliphatic rings. The van der Waals surface area contributed by atoms with Crippen molar-refractivity contribution in [3.05, 3.63) is 87.4 Å². The van der Waals surface area contributed by atoms with Crippen LogP contribution in [0.3, 0.4) is 0 Å². The fourth-order valence-electron chi connectivity index (χ4n) is 3.16. The maximum Gasteiger partial charge on any atom is 0.271 e. The van der Waals surface area contributed by atoms with E-state index in [-0.39, 0.29) is 22.3 Å². The number of sulfonamides is 1. The monoisotopic (exact) mass is 535 g/mol. The van der Waals surface area contributed by atoms with E-state index in [1.165, 1.54) is 13.3 Å². The van der Waals surface area contributed by atoms with Crippen molar-refractivity contribution in [2.75, 3.05) is 24.8 Å². The maximum absolute atomic E-state index is 12.5. The number of carbonyl (C=O) groups is 1. The first-order chi connectivity index (χ1) is 16.6. The van der Waals surface area contributed by atoms with Gasteiger partial charge in [-0.05, 0) is 48.0 Å². The molecular weight excluding hydrogens is 513 g/mol. The second kappa shape index (κ2) is 11.4. The van der Waals surface area contributed by atoms with Crippen LogP contribution >= 0.6 is 23.2 Å². The number of nitrogens with one attached hydrogen (secondary N) is 1. The summed E-state index contributed by atoms with van der Waals surface area (Å²) in [5.41, 5.74) is 4.34. The van der Waals surface area contributed by atoms with Gasteiger partial charge in [-0.15, -0.1) is 0 Å². The average Bonchev–Trinajstić information content (AvgIpc) is 2.84. The van der Waals surface area contributed by atoms with Crippen LogP contribution in [0.4, 0.5) is 5.69 Å². The minimum absolute atomic E-state index is 0.00851. The molecule has 0 saturated heterocycles. The molecule has 184 valence electrons. The zero-order valence-electron chi connectivity index (χ0n) is 19.2. The van der Waals surface area contributed by atoms with Crippen molar-refractivity contribution in [2.24, 2.45) is 5.10 Å². The fraction of sp³-hybridized carbons (Fsp3) is 0.167. The molecule has 0 aliphatic heterocycles. The van der Waals surface area contributed by atoms with Gasteiger partial charge in [0.1, 0.15) is 11.5 Å². The molecule has 0 atom stereocenters. The topological polar surface area (TPSA) is 97.3 Å². The summed E-state index contributed by atoms with van der Waals surface area (Å²) < 4.78 is 36.5. The number of anilines is 1. The van der Waals surface area contributed by atoms with Crippen molar-refractivity contribution < 1.29 is 22.7 Å². The highest BCUT2D eigenvalue weighted by Gasteiger charge is 2.21. The molecule has 3 rings (SSSR count). The van der Waals surface area contributed by atoms with Gasteiger partial charge in [-0.25, -0.2) is 13.8 Å². The summed E-state index contributed by atoms with van der Waals surface area (Å²) in [5, 5.41) is 4.37. The molecule has 0 heterocycles. The molecule has 0 spiro atoms. The van der Waals surface area contributed by atoms with Crippen LogP contribution in [0.1, 0.15) is 21.5 Å². The van der Waals surface area contributed by atoms with Crippen LogP contribution in [0.25, 0.3) is 0 Å². The van der Waals surface area contributed by atoms with Gasteiger partial charge >= 0.3 is 0 Å². The van der Waals surface area contributed by atoms with Crippen molar-refractivity contribution in [3.8, 4) is 11.5 Å². The van der Waals surface area contributed by atoms with Gasteiger partial charge in [0.25, 0.3) is 5.91 Å². The predicted octanol–water partition coefficient (Wildman–Crippen LogP) is 4.74. The van der Waals surface area contributed by atoms with Gasteiger partial charge in [0.15, 0.2) is 0 Å². The number of nitrogens with zero attached hydrogens (tertiary/aromatic N) is 2. The van der Waals surface area contributed by atoms with Gasteiger partial charge in [-0.2, -0.15) is 5.10 Å². The van der Waals surface area contributed by atoms with Crippen LogP contribution in [0.2, 0.25) is 10.0 Å². The molecule has 0 fully saturated rings. The van der Waals surface area contributed by atoms with Crippen LogP contribution < -0.4 is 19.2 Å². The lowest BCUT2D eigenvalue weighted by Gasteiger charge is -2.24. The molecule has 0 saturated carbocycles. The number of hydrogen-bond donors (Lipinski definition) is 1. The molecule has 0 unspecified atom stereocenters. The molecule has 3 aromatic rings. The van der Waals surface area contributed by atoms with Gasteiger partial charge < -0.3 is 9.47 Å². The van der Waals surface area contributed by atoms with E-state index in [2.05, 4.69) is 10.5 Å². The number of hydrazone groups is 1. The average molecular weight is 536 g/mol. The Kier molecular flexibility index (Phi) is 8.61. The molecular formula is C24H23Cl2N3O5S. The standard InChI is InChI=1S/C24H23Cl2N3O5S/c1-33-19-11-12-22(34-2)18(13-19)14-27-28-24(30)17-9-7-16(8-10-17)15-29(35(3,31)32)21-6-4-5-20(25)23(21)26/h4-14H,15H2,1-3H3,(H,28,30)/b27-14-. The first-order valence-corrected chi connectivity index (χ1v) is 12.8. The lowest BCUT2D eigenvalue weighted by molar-refractivity contribution is 0.0955. The van der Waals surface area contributed by atoms with Gasteiger partial charge in [0.2, 0.25) is 10.0 Å². The SMILES string of the molecule is COc1ccc(OC)c(/C=N\NC(=O)c2ccc(CN(c3cccc(Cl)c3Cl)S(C)(=O)=O)cc2)c1.